The molecule has 3 aromatic rings. The molecule has 1 heterocycles. The minimum Gasteiger partial charge on any atom is -0.497 e. The van der Waals surface area contributed by atoms with Crippen molar-refractivity contribution in [3.05, 3.63) is 65.9 Å². The summed E-state index contributed by atoms with van der Waals surface area (Å²) in [5.74, 6) is 0.553. The lowest BCUT2D eigenvalue weighted by Gasteiger charge is -2.12. The van der Waals surface area contributed by atoms with E-state index in [-0.39, 0.29) is 12.5 Å². The second-order valence-electron chi connectivity index (χ2n) is 6.55. The zero-order valence-corrected chi connectivity index (χ0v) is 17.8. The Kier molecular flexibility index (Phi) is 6.63. The van der Waals surface area contributed by atoms with Crippen molar-refractivity contribution in [1.82, 2.24) is 14.7 Å². The molecule has 0 bridgehead atoms. The monoisotopic (exact) mass is 426 g/mol. The summed E-state index contributed by atoms with van der Waals surface area (Å²) in [5, 5.41) is 4.55. The number of rotatable bonds is 7. The second kappa shape index (κ2) is 9.36. The summed E-state index contributed by atoms with van der Waals surface area (Å²) in [4.78, 5) is 14.3. The maximum atomic E-state index is 12.7. The number of nitrogens with zero attached hydrogens (tertiary/aromatic N) is 4. The first-order valence-electron chi connectivity index (χ1n) is 9.29. The summed E-state index contributed by atoms with van der Waals surface area (Å²) in [6.45, 7) is 2.56. The lowest BCUT2D eigenvalue weighted by atomic mass is 10.1. The first kappa shape index (κ1) is 21.3. The summed E-state index contributed by atoms with van der Waals surface area (Å²) in [6.07, 6.45) is 0. The van der Waals surface area contributed by atoms with Gasteiger partial charge in [-0.25, -0.2) is 4.68 Å². The maximum Gasteiger partial charge on any atom is 0.311 e. The van der Waals surface area contributed by atoms with Gasteiger partial charge in [0.25, 0.3) is 5.91 Å². The summed E-state index contributed by atoms with van der Waals surface area (Å²) in [7, 11) is 0.890. The Bertz CT molecular complexity index is 1160. The standard InChI is InChI=1S/C21H22N4O4S/c1-4-24(2)21(26)19-13-20(16-7-5-15(6-8-16)14-22-30(27)28)25(23-19)17-9-11-18(29-3)12-10-17/h5-13H,4,14H2,1-3H3. The van der Waals surface area contributed by atoms with E-state index >= 15 is 0 Å². The van der Waals surface area contributed by atoms with E-state index in [1.54, 1.807) is 41.9 Å². The van der Waals surface area contributed by atoms with E-state index in [1.165, 1.54) is 0 Å². The number of aromatic nitrogens is 2. The van der Waals surface area contributed by atoms with Crippen molar-refractivity contribution in [2.75, 3.05) is 20.7 Å². The van der Waals surface area contributed by atoms with E-state index in [0.717, 1.165) is 28.3 Å². The largest absolute Gasteiger partial charge is 0.497 e. The molecule has 0 N–H and O–H groups in total. The number of carbonyl (C=O) groups excluding carboxylic acids is 1. The van der Waals surface area contributed by atoms with Gasteiger partial charge in [-0.3, -0.25) is 4.79 Å². The molecule has 3 rings (SSSR count). The molecule has 0 fully saturated rings. The minimum atomic E-state index is -2.44. The lowest BCUT2D eigenvalue weighted by Crippen LogP contribution is -2.26. The van der Waals surface area contributed by atoms with Crippen LogP contribution in [0.4, 0.5) is 0 Å². The van der Waals surface area contributed by atoms with Crippen LogP contribution in [0.15, 0.2) is 59.0 Å². The third-order valence-electron chi connectivity index (χ3n) is 4.67. The molecular weight excluding hydrogens is 404 g/mol. The Labute approximate surface area is 176 Å². The van der Waals surface area contributed by atoms with Crippen LogP contribution in [0.1, 0.15) is 23.0 Å². The van der Waals surface area contributed by atoms with Crippen LogP contribution >= 0.6 is 0 Å². The van der Waals surface area contributed by atoms with Gasteiger partial charge in [0.2, 0.25) is 0 Å². The van der Waals surface area contributed by atoms with E-state index in [4.69, 9.17) is 4.74 Å². The van der Waals surface area contributed by atoms with Crippen molar-refractivity contribution in [1.29, 1.82) is 0 Å². The van der Waals surface area contributed by atoms with Gasteiger partial charge in [0.1, 0.15) is 5.75 Å². The van der Waals surface area contributed by atoms with Crippen LogP contribution in [0.5, 0.6) is 5.75 Å². The Balaban J connectivity index is 2.05. The molecular formula is C21H22N4O4S. The first-order valence-corrected chi connectivity index (χ1v) is 10.3. The summed E-state index contributed by atoms with van der Waals surface area (Å²) in [5.41, 5.74) is 3.46. The third kappa shape index (κ3) is 4.74. The molecule has 0 aliphatic rings. The predicted octanol–water partition coefficient (Wildman–Crippen LogP) is 3.20. The highest BCUT2D eigenvalue weighted by atomic mass is 32.2. The van der Waals surface area contributed by atoms with Gasteiger partial charge >= 0.3 is 10.5 Å². The molecule has 0 atom stereocenters. The molecule has 8 nitrogen and oxygen atoms in total. The van der Waals surface area contributed by atoms with Crippen LogP contribution in [0.25, 0.3) is 16.9 Å². The van der Waals surface area contributed by atoms with E-state index in [1.807, 2.05) is 43.3 Å². The van der Waals surface area contributed by atoms with Crippen molar-refractivity contribution in [2.24, 2.45) is 4.36 Å². The van der Waals surface area contributed by atoms with Gasteiger partial charge in [-0.15, -0.1) is 0 Å². The molecule has 9 heteroatoms. The average Bonchev–Trinajstić information content (AvgIpc) is 3.22. The maximum absolute atomic E-state index is 12.7. The fraction of sp³-hybridized carbons (Fsp3) is 0.238. The lowest BCUT2D eigenvalue weighted by molar-refractivity contribution is 0.0796. The first-order chi connectivity index (χ1) is 14.4. The molecule has 30 heavy (non-hydrogen) atoms. The van der Waals surface area contributed by atoms with Gasteiger partial charge in [-0.1, -0.05) is 24.3 Å². The van der Waals surface area contributed by atoms with Crippen LogP contribution in [0, 0.1) is 0 Å². The van der Waals surface area contributed by atoms with Crippen molar-refractivity contribution in [3.63, 3.8) is 0 Å². The predicted molar refractivity (Wildman–Crippen MR) is 113 cm³/mol. The van der Waals surface area contributed by atoms with Crippen LogP contribution in [0.2, 0.25) is 0 Å². The normalized spacial score (nSPS) is 10.5. The quantitative estimate of drug-likeness (QED) is 0.578. The van der Waals surface area contributed by atoms with Crippen molar-refractivity contribution in [3.8, 4) is 22.7 Å². The highest BCUT2D eigenvalue weighted by Crippen LogP contribution is 2.26. The fourth-order valence-electron chi connectivity index (χ4n) is 2.86. The van der Waals surface area contributed by atoms with Crippen molar-refractivity contribution < 1.29 is 17.9 Å². The summed E-state index contributed by atoms with van der Waals surface area (Å²) in [6, 6.07) is 16.5. The number of benzene rings is 2. The third-order valence-corrected chi connectivity index (χ3v) is 5.01. The highest BCUT2D eigenvalue weighted by Gasteiger charge is 2.19. The summed E-state index contributed by atoms with van der Waals surface area (Å²) >= 11 is 0. The van der Waals surface area contributed by atoms with Gasteiger partial charge in [-0.2, -0.15) is 17.9 Å². The van der Waals surface area contributed by atoms with Gasteiger partial charge in [0.05, 0.1) is 25.0 Å². The van der Waals surface area contributed by atoms with Crippen LogP contribution in [0.3, 0.4) is 0 Å². The number of carbonyl (C=O) groups is 1. The Morgan fingerprint density at radius 2 is 1.80 bits per heavy atom. The summed E-state index contributed by atoms with van der Waals surface area (Å²) < 4.78 is 31.7. The molecule has 156 valence electrons. The number of amides is 1. The smallest absolute Gasteiger partial charge is 0.311 e. The molecule has 1 amide bonds. The second-order valence-corrected chi connectivity index (χ2v) is 7.24. The Morgan fingerprint density at radius 1 is 1.13 bits per heavy atom. The molecule has 0 aliphatic heterocycles. The number of ether oxygens (including phenoxy) is 1. The van der Waals surface area contributed by atoms with E-state index in [0.29, 0.717) is 12.2 Å². The van der Waals surface area contributed by atoms with Gasteiger partial charge < -0.3 is 9.64 Å². The Hall–Kier alpha value is -3.46. The number of methoxy groups -OCH3 is 1. The molecule has 0 aliphatic carbocycles. The van der Waals surface area contributed by atoms with E-state index < -0.39 is 10.5 Å². The van der Waals surface area contributed by atoms with Gasteiger partial charge in [-0.05, 0) is 42.8 Å². The van der Waals surface area contributed by atoms with Crippen LogP contribution < -0.4 is 4.74 Å². The number of hydrogen-bond acceptors (Lipinski definition) is 6. The van der Waals surface area contributed by atoms with E-state index in [2.05, 4.69) is 9.46 Å². The van der Waals surface area contributed by atoms with E-state index in [9.17, 15) is 13.2 Å². The molecule has 0 unspecified atom stereocenters. The molecule has 2 aromatic carbocycles. The zero-order valence-electron chi connectivity index (χ0n) is 16.9. The van der Waals surface area contributed by atoms with Crippen LogP contribution in [-0.2, 0) is 17.0 Å². The molecule has 1 aromatic heterocycles. The Morgan fingerprint density at radius 3 is 2.37 bits per heavy atom. The topological polar surface area (TPSA) is 93.9 Å². The van der Waals surface area contributed by atoms with Gasteiger partial charge in [0, 0.05) is 19.2 Å². The minimum absolute atomic E-state index is 0.0825. The zero-order chi connectivity index (χ0) is 21.7. The SMILES string of the molecule is CCN(C)C(=O)c1cc(-c2ccc(CN=S(=O)=O)cc2)n(-c2ccc(OC)cc2)n1. The molecule has 0 spiro atoms. The molecule has 0 saturated carbocycles. The molecule has 0 saturated heterocycles. The van der Waals surface area contributed by atoms with Crippen molar-refractivity contribution in [2.45, 2.75) is 13.5 Å². The number of hydrogen-bond donors (Lipinski definition) is 0. The van der Waals surface area contributed by atoms with Crippen LogP contribution in [-0.4, -0.2) is 49.7 Å². The van der Waals surface area contributed by atoms with Gasteiger partial charge in [0.15, 0.2) is 5.69 Å². The average molecular weight is 426 g/mol. The molecule has 0 radical (unpaired) electrons. The van der Waals surface area contributed by atoms with Crippen molar-refractivity contribution >= 4 is 16.4 Å². The highest BCUT2D eigenvalue weighted by molar-refractivity contribution is 7.61. The fourth-order valence-corrected chi connectivity index (χ4v) is 3.11.